The van der Waals surface area contributed by atoms with Gasteiger partial charge in [-0.15, -0.1) is 0 Å². The van der Waals surface area contributed by atoms with Gasteiger partial charge in [0.1, 0.15) is 5.75 Å². The summed E-state index contributed by atoms with van der Waals surface area (Å²) < 4.78 is 10.1. The van der Waals surface area contributed by atoms with Crippen molar-refractivity contribution in [3.8, 4) is 5.75 Å². The molecule has 0 atom stereocenters. The van der Waals surface area contributed by atoms with E-state index in [1.54, 1.807) is 14.2 Å². The normalized spacial score (nSPS) is 11.0. The van der Waals surface area contributed by atoms with Crippen LogP contribution in [0, 0.1) is 0 Å². The summed E-state index contributed by atoms with van der Waals surface area (Å²) in [6, 6.07) is 7.69. The van der Waals surface area contributed by atoms with Gasteiger partial charge in [0.25, 0.3) is 0 Å². The summed E-state index contributed by atoms with van der Waals surface area (Å²) in [5, 5.41) is 7.66. The zero-order chi connectivity index (χ0) is 14.1. The third-order valence-corrected chi connectivity index (χ3v) is 2.64. The van der Waals surface area contributed by atoms with Gasteiger partial charge in [0.05, 0.1) is 19.4 Å². The van der Waals surface area contributed by atoms with E-state index in [4.69, 9.17) is 21.7 Å². The number of methoxy groups -OCH3 is 2. The smallest absolute Gasteiger partial charge is 0.187 e. The molecule has 1 rings (SSSR count). The highest BCUT2D eigenvalue weighted by molar-refractivity contribution is 7.80. The van der Waals surface area contributed by atoms with E-state index in [1.165, 1.54) is 0 Å². The van der Waals surface area contributed by atoms with Crippen LogP contribution in [-0.4, -0.2) is 38.2 Å². The Morgan fingerprint density at radius 2 is 2.16 bits per heavy atom. The van der Waals surface area contributed by atoms with Crippen LogP contribution in [0.15, 0.2) is 29.4 Å². The lowest BCUT2D eigenvalue weighted by molar-refractivity contribution is 0.204. The quantitative estimate of drug-likeness (QED) is 0.358. The molecule has 0 amide bonds. The van der Waals surface area contributed by atoms with E-state index in [0.717, 1.165) is 17.0 Å². The highest BCUT2D eigenvalue weighted by Crippen LogP contribution is 2.12. The molecule has 0 saturated carbocycles. The molecule has 0 aliphatic heterocycles. The van der Waals surface area contributed by atoms with Gasteiger partial charge in [-0.25, -0.2) is 0 Å². The number of benzene rings is 1. The molecule has 5 nitrogen and oxygen atoms in total. The molecule has 0 aliphatic carbocycles. The van der Waals surface area contributed by atoms with Gasteiger partial charge in [-0.1, -0.05) is 12.1 Å². The first-order valence-corrected chi connectivity index (χ1v) is 6.29. The van der Waals surface area contributed by atoms with Gasteiger partial charge >= 0.3 is 0 Å². The molecule has 6 heteroatoms. The number of hydrazone groups is 1. The fourth-order valence-electron chi connectivity index (χ4n) is 1.35. The Labute approximate surface area is 119 Å². The number of thiocarbonyl (C=S) groups is 1. The van der Waals surface area contributed by atoms with Crippen LogP contribution < -0.4 is 15.5 Å². The van der Waals surface area contributed by atoms with Crippen molar-refractivity contribution in [2.75, 3.05) is 27.4 Å². The van der Waals surface area contributed by atoms with Crippen molar-refractivity contribution >= 4 is 23.0 Å². The lowest BCUT2D eigenvalue weighted by Crippen LogP contribution is -2.34. The Morgan fingerprint density at radius 1 is 1.37 bits per heavy atom. The molecule has 0 aliphatic rings. The highest BCUT2D eigenvalue weighted by atomic mass is 32.1. The van der Waals surface area contributed by atoms with E-state index in [2.05, 4.69) is 15.8 Å². The minimum absolute atomic E-state index is 0.472. The van der Waals surface area contributed by atoms with E-state index in [0.29, 0.717) is 18.3 Å². The maximum absolute atomic E-state index is 5.17. The van der Waals surface area contributed by atoms with E-state index in [-0.39, 0.29) is 0 Å². The number of rotatable bonds is 6. The van der Waals surface area contributed by atoms with Crippen LogP contribution >= 0.6 is 12.2 Å². The molecule has 19 heavy (non-hydrogen) atoms. The third-order valence-electron chi connectivity index (χ3n) is 2.40. The van der Waals surface area contributed by atoms with E-state index < -0.39 is 0 Å². The topological polar surface area (TPSA) is 54.9 Å². The largest absolute Gasteiger partial charge is 0.497 e. The summed E-state index contributed by atoms with van der Waals surface area (Å²) in [4.78, 5) is 0. The van der Waals surface area contributed by atoms with Crippen LogP contribution in [0.5, 0.6) is 5.75 Å². The fourth-order valence-corrected chi connectivity index (χ4v) is 1.50. The number of hydrogen-bond acceptors (Lipinski definition) is 4. The van der Waals surface area contributed by atoms with Gasteiger partial charge < -0.3 is 14.8 Å². The maximum atomic E-state index is 5.17. The summed E-state index contributed by atoms with van der Waals surface area (Å²) in [5.74, 6) is 0.799. The van der Waals surface area contributed by atoms with Gasteiger partial charge in [-0.3, -0.25) is 5.43 Å². The first-order chi connectivity index (χ1) is 9.17. The second-order valence-electron chi connectivity index (χ2n) is 3.79. The first kappa shape index (κ1) is 15.4. The SMILES string of the molecule is COCCNC(=S)N/N=C(/C)c1cccc(OC)c1. The molecule has 0 aromatic heterocycles. The predicted octanol–water partition coefficient (Wildman–Crippen LogP) is 1.53. The molecule has 1 aromatic rings. The van der Waals surface area contributed by atoms with Crippen LogP contribution in [0.2, 0.25) is 0 Å². The van der Waals surface area contributed by atoms with Crippen LogP contribution in [0.1, 0.15) is 12.5 Å². The van der Waals surface area contributed by atoms with Crippen molar-refractivity contribution in [1.29, 1.82) is 0 Å². The van der Waals surface area contributed by atoms with E-state index in [9.17, 15) is 0 Å². The molecule has 0 heterocycles. The molecule has 0 spiro atoms. The third kappa shape index (κ3) is 5.67. The lowest BCUT2D eigenvalue weighted by atomic mass is 10.1. The van der Waals surface area contributed by atoms with Crippen LogP contribution in [0.4, 0.5) is 0 Å². The van der Waals surface area contributed by atoms with Gasteiger partial charge in [0.2, 0.25) is 0 Å². The monoisotopic (exact) mass is 281 g/mol. The summed E-state index contributed by atoms with van der Waals surface area (Å²) >= 11 is 5.07. The zero-order valence-electron chi connectivity index (χ0n) is 11.4. The summed E-state index contributed by atoms with van der Waals surface area (Å²) in [7, 11) is 3.28. The minimum atomic E-state index is 0.472. The number of nitrogens with zero attached hydrogens (tertiary/aromatic N) is 1. The molecule has 0 saturated heterocycles. The summed E-state index contributed by atoms with van der Waals surface area (Å²) in [5.41, 5.74) is 4.60. The van der Waals surface area contributed by atoms with Crippen molar-refractivity contribution < 1.29 is 9.47 Å². The van der Waals surface area contributed by atoms with Crippen LogP contribution in [0.25, 0.3) is 0 Å². The van der Waals surface area contributed by atoms with Gasteiger partial charge in [0, 0.05) is 19.2 Å². The molecule has 0 fully saturated rings. The second kappa shape index (κ2) is 8.44. The lowest BCUT2D eigenvalue weighted by Gasteiger charge is -2.08. The highest BCUT2D eigenvalue weighted by Gasteiger charge is 2.00. The Morgan fingerprint density at radius 3 is 2.84 bits per heavy atom. The van der Waals surface area contributed by atoms with Crippen LogP contribution in [-0.2, 0) is 4.74 Å². The Kier molecular flexibility index (Phi) is 6.84. The number of nitrogens with one attached hydrogen (secondary N) is 2. The molecule has 104 valence electrons. The number of hydrogen-bond donors (Lipinski definition) is 2. The molecule has 0 unspecified atom stereocenters. The van der Waals surface area contributed by atoms with Crippen LogP contribution in [0.3, 0.4) is 0 Å². The predicted molar refractivity (Wildman–Crippen MR) is 80.8 cm³/mol. The standard InChI is InChI=1S/C13H19N3O2S/c1-10(11-5-4-6-12(9-11)18-3)15-16-13(19)14-7-8-17-2/h4-6,9H,7-8H2,1-3H3,(H2,14,16,19)/b15-10-. The Hall–Kier alpha value is -1.66. The Bertz CT molecular complexity index is 449. The molecular formula is C13H19N3O2S. The molecular weight excluding hydrogens is 262 g/mol. The van der Waals surface area contributed by atoms with Gasteiger partial charge in [0.15, 0.2) is 5.11 Å². The van der Waals surface area contributed by atoms with Gasteiger partial charge in [-0.05, 0) is 31.3 Å². The van der Waals surface area contributed by atoms with Crippen molar-refractivity contribution in [2.45, 2.75) is 6.92 Å². The second-order valence-corrected chi connectivity index (χ2v) is 4.20. The van der Waals surface area contributed by atoms with Crippen molar-refractivity contribution in [3.05, 3.63) is 29.8 Å². The summed E-state index contributed by atoms with van der Waals surface area (Å²) in [6.07, 6.45) is 0. The zero-order valence-corrected chi connectivity index (χ0v) is 12.2. The summed E-state index contributed by atoms with van der Waals surface area (Å²) in [6.45, 7) is 3.15. The van der Waals surface area contributed by atoms with Crippen molar-refractivity contribution in [3.63, 3.8) is 0 Å². The number of ether oxygens (including phenoxy) is 2. The Balaban J connectivity index is 2.53. The maximum Gasteiger partial charge on any atom is 0.187 e. The first-order valence-electron chi connectivity index (χ1n) is 5.89. The molecule has 2 N–H and O–H groups in total. The van der Waals surface area contributed by atoms with E-state index in [1.807, 2.05) is 31.2 Å². The average Bonchev–Trinajstić information content (AvgIpc) is 2.45. The fraction of sp³-hybridized carbons (Fsp3) is 0.385. The molecule has 1 aromatic carbocycles. The minimum Gasteiger partial charge on any atom is -0.497 e. The molecule has 0 radical (unpaired) electrons. The van der Waals surface area contributed by atoms with E-state index >= 15 is 0 Å². The van der Waals surface area contributed by atoms with Crippen molar-refractivity contribution in [1.82, 2.24) is 10.7 Å². The average molecular weight is 281 g/mol. The van der Waals surface area contributed by atoms with Gasteiger partial charge in [-0.2, -0.15) is 5.10 Å². The molecule has 0 bridgehead atoms. The van der Waals surface area contributed by atoms with Crippen molar-refractivity contribution in [2.24, 2.45) is 5.10 Å².